The van der Waals surface area contributed by atoms with Crippen LogP contribution in [0.1, 0.15) is 33.1 Å². The number of nitrogens with zero attached hydrogens (tertiary/aromatic N) is 1. The minimum atomic E-state index is -0.0463. The predicted octanol–water partition coefficient (Wildman–Crippen LogP) is 2.58. The molecule has 0 saturated heterocycles. The van der Waals surface area contributed by atoms with Crippen LogP contribution < -0.4 is 5.73 Å². The summed E-state index contributed by atoms with van der Waals surface area (Å²) in [5.74, 6) is 2.00. The average Bonchev–Trinajstić information content (AvgIpc) is 2.56. The Kier molecular flexibility index (Phi) is 3.37. The molecule has 4 heteroatoms. The second-order valence-electron chi connectivity index (χ2n) is 4.45. The topological polar surface area (TPSA) is 38.4 Å². The zero-order chi connectivity index (χ0) is 9.64. The Morgan fingerprint density at radius 3 is 2.86 bits per heavy atom. The van der Waals surface area contributed by atoms with E-state index in [-0.39, 0.29) is 17.3 Å². The zero-order valence-corrected chi connectivity index (χ0v) is 10.2. The Bertz CT molecular complexity index is 255. The summed E-state index contributed by atoms with van der Waals surface area (Å²) in [5, 5.41) is 0. The van der Waals surface area contributed by atoms with Crippen LogP contribution in [-0.2, 0) is 0 Å². The Morgan fingerprint density at radius 1 is 1.64 bits per heavy atom. The highest BCUT2D eigenvalue weighted by molar-refractivity contribution is 6.27. The maximum Gasteiger partial charge on any atom is 0.0944 e. The standard InChI is InChI=1S/C10H17ClN2.ClH/c1-3-4-10(11)8-6(2)5-7(12)13-9(8)10;/h6,8-9H,3-5H2,1-2H3,(H2,12,13);1H/t6-,8+,9-,10+;/m0./s1. The van der Waals surface area contributed by atoms with E-state index < -0.39 is 0 Å². The number of aliphatic imine (C=N–C) groups is 1. The lowest BCUT2D eigenvalue weighted by molar-refractivity contribution is 0.474. The van der Waals surface area contributed by atoms with Gasteiger partial charge < -0.3 is 5.73 Å². The van der Waals surface area contributed by atoms with E-state index in [1.165, 1.54) is 0 Å². The van der Waals surface area contributed by atoms with E-state index in [1.807, 2.05) is 0 Å². The highest BCUT2D eigenvalue weighted by Gasteiger charge is 2.66. The highest BCUT2D eigenvalue weighted by Crippen LogP contribution is 2.60. The molecule has 82 valence electrons. The second-order valence-corrected chi connectivity index (χ2v) is 5.15. The molecule has 0 bridgehead atoms. The summed E-state index contributed by atoms with van der Waals surface area (Å²) < 4.78 is 0. The summed E-state index contributed by atoms with van der Waals surface area (Å²) in [6.07, 6.45) is 3.14. The fourth-order valence-electron chi connectivity index (χ4n) is 2.78. The molecule has 4 atom stereocenters. The van der Waals surface area contributed by atoms with Gasteiger partial charge in [-0.05, 0) is 12.3 Å². The molecule has 0 aromatic rings. The molecule has 2 nitrogen and oxygen atoms in total. The van der Waals surface area contributed by atoms with Crippen molar-refractivity contribution in [2.45, 2.75) is 44.0 Å². The maximum absolute atomic E-state index is 6.51. The third-order valence-electron chi connectivity index (χ3n) is 3.36. The van der Waals surface area contributed by atoms with Crippen LogP contribution in [0.15, 0.2) is 4.99 Å². The number of hydrogen-bond donors (Lipinski definition) is 1. The molecule has 0 spiro atoms. The molecule has 0 aromatic carbocycles. The number of fused-ring (bicyclic) bond motifs is 1. The monoisotopic (exact) mass is 236 g/mol. The van der Waals surface area contributed by atoms with E-state index in [0.29, 0.717) is 17.9 Å². The van der Waals surface area contributed by atoms with E-state index in [2.05, 4.69) is 18.8 Å². The van der Waals surface area contributed by atoms with Crippen molar-refractivity contribution in [3.8, 4) is 0 Å². The normalized spacial score (nSPS) is 44.8. The van der Waals surface area contributed by atoms with Gasteiger partial charge in [-0.25, -0.2) is 0 Å². The van der Waals surface area contributed by atoms with Crippen LogP contribution in [0.2, 0.25) is 0 Å². The number of nitrogens with two attached hydrogens (primary N) is 1. The van der Waals surface area contributed by atoms with Gasteiger partial charge >= 0.3 is 0 Å². The van der Waals surface area contributed by atoms with Gasteiger partial charge in [-0.2, -0.15) is 0 Å². The molecule has 2 aliphatic rings. The number of alkyl halides is 1. The minimum absolute atomic E-state index is 0. The summed E-state index contributed by atoms with van der Waals surface area (Å²) in [7, 11) is 0. The van der Waals surface area contributed by atoms with Gasteiger partial charge in [0.25, 0.3) is 0 Å². The lowest BCUT2D eigenvalue weighted by atomic mass is 9.97. The number of hydrogen-bond acceptors (Lipinski definition) is 2. The SMILES string of the molecule is CCC[C@@]1(Cl)[C@@H]2[C@@H](C)CC(N)=N[C@@H]21.Cl. The summed E-state index contributed by atoms with van der Waals surface area (Å²) >= 11 is 6.51. The Morgan fingerprint density at radius 2 is 2.29 bits per heavy atom. The van der Waals surface area contributed by atoms with Crippen molar-refractivity contribution in [2.75, 3.05) is 0 Å². The third-order valence-corrected chi connectivity index (χ3v) is 4.02. The van der Waals surface area contributed by atoms with Crippen molar-refractivity contribution in [1.29, 1.82) is 0 Å². The summed E-state index contributed by atoms with van der Waals surface area (Å²) in [5.41, 5.74) is 5.75. The molecule has 0 amide bonds. The van der Waals surface area contributed by atoms with Crippen molar-refractivity contribution in [3.63, 3.8) is 0 Å². The molecule has 14 heavy (non-hydrogen) atoms. The van der Waals surface area contributed by atoms with Crippen LogP contribution >= 0.6 is 24.0 Å². The zero-order valence-electron chi connectivity index (χ0n) is 8.66. The predicted molar refractivity (Wildman–Crippen MR) is 63.4 cm³/mol. The smallest absolute Gasteiger partial charge is 0.0944 e. The summed E-state index contributed by atoms with van der Waals surface area (Å²) in [6.45, 7) is 4.41. The number of halogens is 2. The number of amidine groups is 1. The Hall–Kier alpha value is 0.0500. The minimum Gasteiger partial charge on any atom is -0.387 e. The largest absolute Gasteiger partial charge is 0.387 e. The summed E-state index contributed by atoms with van der Waals surface area (Å²) in [4.78, 5) is 4.40. The summed E-state index contributed by atoms with van der Waals surface area (Å²) in [6, 6.07) is 0.317. The van der Waals surface area contributed by atoms with Gasteiger partial charge in [-0.3, -0.25) is 4.99 Å². The van der Waals surface area contributed by atoms with Gasteiger partial charge in [0.2, 0.25) is 0 Å². The van der Waals surface area contributed by atoms with Crippen LogP contribution in [0, 0.1) is 11.8 Å². The Balaban J connectivity index is 0.000000980. The van der Waals surface area contributed by atoms with Crippen molar-refractivity contribution in [3.05, 3.63) is 0 Å². The van der Waals surface area contributed by atoms with Crippen LogP contribution in [-0.4, -0.2) is 16.8 Å². The van der Waals surface area contributed by atoms with Crippen molar-refractivity contribution < 1.29 is 0 Å². The first-order valence-corrected chi connectivity index (χ1v) is 5.48. The van der Waals surface area contributed by atoms with Gasteiger partial charge in [-0.1, -0.05) is 20.3 Å². The van der Waals surface area contributed by atoms with E-state index >= 15 is 0 Å². The molecule has 2 rings (SSSR count). The molecule has 0 radical (unpaired) electrons. The van der Waals surface area contributed by atoms with Crippen LogP contribution in [0.4, 0.5) is 0 Å². The van der Waals surface area contributed by atoms with Crippen LogP contribution in [0.3, 0.4) is 0 Å². The molecular weight excluding hydrogens is 219 g/mol. The fraction of sp³-hybridized carbons (Fsp3) is 0.900. The first-order valence-electron chi connectivity index (χ1n) is 5.10. The van der Waals surface area contributed by atoms with Gasteiger partial charge in [0.05, 0.1) is 16.8 Å². The second kappa shape index (κ2) is 3.90. The first-order chi connectivity index (χ1) is 6.09. The van der Waals surface area contributed by atoms with E-state index in [4.69, 9.17) is 17.3 Å². The molecule has 0 aromatic heterocycles. The van der Waals surface area contributed by atoms with E-state index in [1.54, 1.807) is 0 Å². The van der Waals surface area contributed by atoms with Crippen LogP contribution in [0.5, 0.6) is 0 Å². The Labute approximate surface area is 96.7 Å². The lowest BCUT2D eigenvalue weighted by Gasteiger charge is -2.14. The van der Waals surface area contributed by atoms with Gasteiger partial charge in [-0.15, -0.1) is 24.0 Å². The molecule has 0 unspecified atom stereocenters. The lowest BCUT2D eigenvalue weighted by Crippen LogP contribution is -2.22. The molecule has 1 fully saturated rings. The highest BCUT2D eigenvalue weighted by atomic mass is 35.5. The number of rotatable bonds is 2. The molecule has 1 saturated carbocycles. The molecule has 1 aliphatic carbocycles. The van der Waals surface area contributed by atoms with Crippen molar-refractivity contribution >= 4 is 29.8 Å². The molecule has 2 N–H and O–H groups in total. The molecular formula is C10H18Cl2N2. The van der Waals surface area contributed by atoms with Gasteiger partial charge in [0.15, 0.2) is 0 Å². The van der Waals surface area contributed by atoms with E-state index in [0.717, 1.165) is 25.1 Å². The molecule has 1 aliphatic heterocycles. The average molecular weight is 237 g/mol. The van der Waals surface area contributed by atoms with Crippen molar-refractivity contribution in [2.24, 2.45) is 22.6 Å². The van der Waals surface area contributed by atoms with Crippen molar-refractivity contribution in [1.82, 2.24) is 0 Å². The maximum atomic E-state index is 6.51. The first kappa shape index (κ1) is 12.1. The van der Waals surface area contributed by atoms with Gasteiger partial charge in [0.1, 0.15) is 0 Å². The fourth-order valence-corrected chi connectivity index (χ4v) is 3.42. The molecule has 1 heterocycles. The van der Waals surface area contributed by atoms with E-state index in [9.17, 15) is 0 Å². The quantitative estimate of drug-likeness (QED) is 0.736. The van der Waals surface area contributed by atoms with Gasteiger partial charge in [0, 0.05) is 12.3 Å². The third kappa shape index (κ3) is 1.63. The van der Waals surface area contributed by atoms with Crippen LogP contribution in [0.25, 0.3) is 0 Å².